The van der Waals surface area contributed by atoms with E-state index < -0.39 is 0 Å². The van der Waals surface area contributed by atoms with Crippen molar-refractivity contribution < 1.29 is 4.79 Å². The fourth-order valence-corrected chi connectivity index (χ4v) is 1.43. The SMILES string of the molecule is O=C=C1C=CNc2ccc(Cl)cc21. The summed E-state index contributed by atoms with van der Waals surface area (Å²) in [6, 6.07) is 5.35. The molecule has 0 saturated carbocycles. The zero-order chi connectivity index (χ0) is 9.26. The number of nitrogens with one attached hydrogen (secondary N) is 1. The van der Waals surface area contributed by atoms with E-state index in [-0.39, 0.29) is 0 Å². The van der Waals surface area contributed by atoms with Crippen molar-refractivity contribution in [2.75, 3.05) is 5.32 Å². The molecule has 3 heteroatoms. The molecule has 1 aliphatic rings. The van der Waals surface area contributed by atoms with E-state index in [0.29, 0.717) is 10.6 Å². The fraction of sp³-hybridized carbons (Fsp3) is 0. The monoisotopic (exact) mass is 191 g/mol. The van der Waals surface area contributed by atoms with Gasteiger partial charge in [0.15, 0.2) is 0 Å². The Kier molecular flexibility index (Phi) is 1.93. The topological polar surface area (TPSA) is 29.1 Å². The van der Waals surface area contributed by atoms with Crippen LogP contribution in [0, 0.1) is 0 Å². The lowest BCUT2D eigenvalue weighted by Crippen LogP contribution is -1.99. The van der Waals surface area contributed by atoms with Gasteiger partial charge >= 0.3 is 0 Å². The smallest absolute Gasteiger partial charge is 0.133 e. The molecule has 1 N–H and O–H groups in total. The van der Waals surface area contributed by atoms with Gasteiger partial charge in [-0.15, -0.1) is 0 Å². The fourth-order valence-electron chi connectivity index (χ4n) is 1.26. The number of carbonyl (C=O) groups excluding carboxylic acids is 1. The van der Waals surface area contributed by atoms with Crippen LogP contribution in [-0.4, -0.2) is 5.94 Å². The Hall–Kier alpha value is -1.50. The number of benzene rings is 1. The average molecular weight is 192 g/mol. The van der Waals surface area contributed by atoms with Crippen LogP contribution in [0.15, 0.2) is 30.5 Å². The number of fused-ring (bicyclic) bond motifs is 1. The summed E-state index contributed by atoms with van der Waals surface area (Å²) in [7, 11) is 0. The zero-order valence-corrected chi connectivity index (χ0v) is 7.43. The van der Waals surface area contributed by atoms with Crippen molar-refractivity contribution in [3.05, 3.63) is 41.1 Å². The Morgan fingerprint density at radius 2 is 2.23 bits per heavy atom. The Labute approximate surface area is 80.5 Å². The highest BCUT2D eigenvalue weighted by Crippen LogP contribution is 2.29. The predicted octanol–water partition coefficient (Wildman–Crippen LogP) is 2.49. The average Bonchev–Trinajstić information content (AvgIpc) is 2.17. The summed E-state index contributed by atoms with van der Waals surface area (Å²) in [6.45, 7) is 0. The van der Waals surface area contributed by atoms with Crippen molar-refractivity contribution in [3.63, 3.8) is 0 Å². The first kappa shape index (κ1) is 8.11. The summed E-state index contributed by atoms with van der Waals surface area (Å²) in [4.78, 5) is 10.5. The zero-order valence-electron chi connectivity index (χ0n) is 6.67. The Balaban J connectivity index is 2.66. The van der Waals surface area contributed by atoms with Crippen LogP contribution in [0.1, 0.15) is 5.56 Å². The van der Waals surface area contributed by atoms with Gasteiger partial charge in [-0.3, -0.25) is 0 Å². The van der Waals surface area contributed by atoms with Gasteiger partial charge in [-0.05, 0) is 24.3 Å². The molecule has 1 aromatic carbocycles. The van der Waals surface area contributed by atoms with Gasteiger partial charge in [0.05, 0.1) is 5.57 Å². The molecule has 0 aliphatic carbocycles. The third-order valence-corrected chi connectivity index (χ3v) is 2.11. The predicted molar refractivity (Wildman–Crippen MR) is 53.3 cm³/mol. The molecule has 64 valence electrons. The first-order chi connectivity index (χ1) is 6.31. The molecular formula is C10H6ClNO. The van der Waals surface area contributed by atoms with E-state index in [1.54, 1.807) is 24.4 Å². The molecule has 0 saturated heterocycles. The molecule has 1 aliphatic heterocycles. The molecule has 0 spiro atoms. The maximum Gasteiger partial charge on any atom is 0.133 e. The summed E-state index contributed by atoms with van der Waals surface area (Å²) in [5.41, 5.74) is 2.20. The van der Waals surface area contributed by atoms with E-state index in [2.05, 4.69) is 5.32 Å². The van der Waals surface area contributed by atoms with Gasteiger partial charge in [-0.2, -0.15) is 0 Å². The Bertz CT molecular complexity index is 431. The van der Waals surface area contributed by atoms with E-state index in [1.807, 2.05) is 12.0 Å². The van der Waals surface area contributed by atoms with Crippen molar-refractivity contribution in [3.8, 4) is 0 Å². The second-order valence-electron chi connectivity index (χ2n) is 2.68. The summed E-state index contributed by atoms with van der Waals surface area (Å²) >= 11 is 5.80. The van der Waals surface area contributed by atoms with Crippen molar-refractivity contribution >= 4 is 28.8 Å². The van der Waals surface area contributed by atoms with Gasteiger partial charge in [0.25, 0.3) is 0 Å². The molecule has 1 heterocycles. The molecular weight excluding hydrogens is 186 g/mol. The minimum absolute atomic E-state index is 0.524. The third-order valence-electron chi connectivity index (χ3n) is 1.87. The molecule has 1 aromatic rings. The van der Waals surface area contributed by atoms with Gasteiger partial charge in [0, 0.05) is 22.5 Å². The van der Waals surface area contributed by atoms with Crippen molar-refractivity contribution in [1.29, 1.82) is 0 Å². The van der Waals surface area contributed by atoms with Crippen molar-refractivity contribution in [1.82, 2.24) is 0 Å². The minimum atomic E-state index is 0.524. The second kappa shape index (κ2) is 3.09. The first-order valence-electron chi connectivity index (χ1n) is 3.79. The number of hydrogen-bond donors (Lipinski definition) is 1. The van der Waals surface area contributed by atoms with E-state index in [4.69, 9.17) is 11.6 Å². The number of rotatable bonds is 0. The van der Waals surface area contributed by atoms with E-state index in [1.165, 1.54) is 0 Å². The Morgan fingerprint density at radius 3 is 3.00 bits per heavy atom. The summed E-state index contributed by atoms with van der Waals surface area (Å²) in [6.07, 6.45) is 3.38. The molecule has 0 radical (unpaired) electrons. The van der Waals surface area contributed by atoms with Crippen molar-refractivity contribution in [2.45, 2.75) is 0 Å². The van der Waals surface area contributed by atoms with Gasteiger partial charge in [-0.25, -0.2) is 4.79 Å². The second-order valence-corrected chi connectivity index (χ2v) is 3.12. The van der Waals surface area contributed by atoms with Crippen LogP contribution in [0.4, 0.5) is 5.69 Å². The molecule has 0 unspecified atom stereocenters. The van der Waals surface area contributed by atoms with E-state index >= 15 is 0 Å². The number of allylic oxidation sites excluding steroid dienone is 2. The maximum absolute atomic E-state index is 10.5. The number of hydrogen-bond acceptors (Lipinski definition) is 2. The molecule has 0 aromatic heterocycles. The molecule has 0 bridgehead atoms. The molecule has 2 rings (SSSR count). The lowest BCUT2D eigenvalue weighted by Gasteiger charge is -2.12. The highest BCUT2D eigenvalue weighted by Gasteiger charge is 2.10. The highest BCUT2D eigenvalue weighted by atomic mass is 35.5. The van der Waals surface area contributed by atoms with E-state index in [0.717, 1.165) is 11.3 Å². The minimum Gasteiger partial charge on any atom is -0.361 e. The standard InChI is InChI=1S/C10H6ClNO/c11-8-1-2-10-9(5-8)7(6-13)3-4-12-10/h1-5,12H. The van der Waals surface area contributed by atoms with E-state index in [9.17, 15) is 4.79 Å². The molecule has 13 heavy (non-hydrogen) atoms. The molecule has 0 atom stereocenters. The maximum atomic E-state index is 10.5. The molecule has 2 nitrogen and oxygen atoms in total. The lowest BCUT2D eigenvalue weighted by atomic mass is 10.0. The Morgan fingerprint density at radius 1 is 1.38 bits per heavy atom. The van der Waals surface area contributed by atoms with Crippen LogP contribution in [0.25, 0.3) is 5.57 Å². The number of anilines is 1. The quantitative estimate of drug-likeness (QED) is 0.639. The van der Waals surface area contributed by atoms with Gasteiger partial charge in [-0.1, -0.05) is 11.6 Å². The van der Waals surface area contributed by atoms with Gasteiger partial charge < -0.3 is 5.32 Å². The summed E-state index contributed by atoms with van der Waals surface area (Å²) in [5, 5.41) is 3.63. The van der Waals surface area contributed by atoms with Gasteiger partial charge in [0.1, 0.15) is 5.94 Å². The lowest BCUT2D eigenvalue weighted by molar-refractivity contribution is 0.569. The highest BCUT2D eigenvalue weighted by molar-refractivity contribution is 6.31. The van der Waals surface area contributed by atoms with Crippen LogP contribution >= 0.6 is 11.6 Å². The van der Waals surface area contributed by atoms with Crippen LogP contribution in [0.5, 0.6) is 0 Å². The summed E-state index contributed by atoms with van der Waals surface area (Å²) in [5.74, 6) is 1.87. The molecule has 0 amide bonds. The van der Waals surface area contributed by atoms with Crippen LogP contribution in [0.2, 0.25) is 5.02 Å². The third kappa shape index (κ3) is 1.37. The van der Waals surface area contributed by atoms with Crippen LogP contribution in [-0.2, 0) is 4.79 Å². The summed E-state index contributed by atoms with van der Waals surface area (Å²) < 4.78 is 0. The largest absolute Gasteiger partial charge is 0.361 e. The normalized spacial score (nSPS) is 13.2. The number of halogens is 1. The van der Waals surface area contributed by atoms with Crippen LogP contribution < -0.4 is 5.32 Å². The van der Waals surface area contributed by atoms with Crippen LogP contribution in [0.3, 0.4) is 0 Å². The van der Waals surface area contributed by atoms with Gasteiger partial charge in [0.2, 0.25) is 0 Å². The van der Waals surface area contributed by atoms with Crippen molar-refractivity contribution in [2.24, 2.45) is 0 Å². The molecule has 0 fully saturated rings. The first-order valence-corrected chi connectivity index (χ1v) is 4.17.